The molecule has 0 aromatic heterocycles. The van der Waals surface area contributed by atoms with Gasteiger partial charge in [0.1, 0.15) is 11.5 Å². The van der Waals surface area contributed by atoms with Crippen molar-refractivity contribution in [2.75, 3.05) is 40.3 Å². The summed E-state index contributed by atoms with van der Waals surface area (Å²) in [7, 11) is 3.22. The van der Waals surface area contributed by atoms with Crippen molar-refractivity contribution in [2.45, 2.75) is 4.90 Å². The van der Waals surface area contributed by atoms with Crippen molar-refractivity contribution in [1.82, 2.24) is 0 Å². The molecule has 1 N–H and O–H groups in total. The third kappa shape index (κ3) is 5.60. The van der Waals surface area contributed by atoms with Crippen LogP contribution in [0.1, 0.15) is 11.1 Å². The first-order chi connectivity index (χ1) is 16.8. The van der Waals surface area contributed by atoms with Crippen LogP contribution in [0.3, 0.4) is 0 Å². The number of hydrogen-bond donors (Lipinski definition) is 1. The van der Waals surface area contributed by atoms with Gasteiger partial charge < -0.3 is 23.7 Å². The van der Waals surface area contributed by atoms with E-state index in [1.165, 1.54) is 47.7 Å². The van der Waals surface area contributed by atoms with E-state index in [9.17, 15) is 12.8 Å². The first-order valence-electron chi connectivity index (χ1n) is 10.3. The van der Waals surface area contributed by atoms with E-state index >= 15 is 0 Å². The van der Waals surface area contributed by atoms with Crippen LogP contribution in [0.25, 0.3) is 12.2 Å². The second-order valence-corrected chi connectivity index (χ2v) is 8.80. The van der Waals surface area contributed by atoms with Crippen LogP contribution in [0, 0.1) is 5.82 Å². The second kappa shape index (κ2) is 11.0. The second-order valence-electron chi connectivity index (χ2n) is 7.12. The van der Waals surface area contributed by atoms with Gasteiger partial charge in [-0.3, -0.25) is 4.72 Å². The van der Waals surface area contributed by atoms with E-state index in [-0.39, 0.29) is 16.3 Å². The number of hydrogen-bond acceptors (Lipinski definition) is 7. The number of nitrogens with one attached hydrogen (secondary N) is 1. The maximum Gasteiger partial charge on any atom is 0.262 e. The van der Waals surface area contributed by atoms with Gasteiger partial charge in [-0.05, 0) is 48.0 Å². The Hall–Kier alpha value is -3.92. The number of benzene rings is 3. The van der Waals surface area contributed by atoms with Crippen LogP contribution in [0.4, 0.5) is 10.1 Å². The van der Waals surface area contributed by atoms with Gasteiger partial charge in [0.05, 0.1) is 40.4 Å². The highest BCUT2D eigenvalue weighted by Gasteiger charge is 2.22. The lowest BCUT2D eigenvalue weighted by atomic mass is 10.1. The third-order valence-electron chi connectivity index (χ3n) is 5.06. The fraction of sp³-hybridized carbons (Fsp3) is 0.200. The van der Waals surface area contributed by atoms with Crippen LogP contribution in [0.5, 0.6) is 28.7 Å². The Kier molecular flexibility index (Phi) is 8.08. The fourth-order valence-corrected chi connectivity index (χ4v) is 4.52. The number of halogens is 1. The summed E-state index contributed by atoms with van der Waals surface area (Å²) in [5.41, 5.74) is 1.30. The molecule has 0 fully saturated rings. The minimum Gasteiger partial charge on any atom is -0.493 e. The van der Waals surface area contributed by atoms with Crippen LogP contribution in [-0.2, 0) is 10.0 Å². The van der Waals surface area contributed by atoms with Gasteiger partial charge in [-0.15, -0.1) is 0 Å². The van der Waals surface area contributed by atoms with E-state index in [2.05, 4.69) is 4.72 Å². The highest BCUT2D eigenvalue weighted by molar-refractivity contribution is 7.92. The third-order valence-corrected chi connectivity index (χ3v) is 6.41. The first kappa shape index (κ1) is 25.7. The van der Waals surface area contributed by atoms with Crippen molar-refractivity contribution in [3.8, 4) is 28.7 Å². The summed E-state index contributed by atoms with van der Waals surface area (Å²) in [4.78, 5) is -0.234. The van der Waals surface area contributed by atoms with Gasteiger partial charge in [-0.1, -0.05) is 18.2 Å². The lowest BCUT2D eigenvalue weighted by molar-refractivity contribution is 0.324. The van der Waals surface area contributed by atoms with Crippen LogP contribution in [0.2, 0.25) is 0 Å². The standard InChI is InChI=1S/C25H26FNO7S/c1-30-20-12-11-17(10-9-16-13-21(31-2)24(33-4)22(14-16)32-3)23(25(20)34-5)27-35(28,29)19-8-6-7-18(26)15-19/h6-15,27H,1-5H3/b10-9-. The number of sulfonamides is 1. The molecule has 0 saturated heterocycles. The molecule has 0 aliphatic carbocycles. The van der Waals surface area contributed by atoms with Crippen molar-refractivity contribution >= 4 is 27.9 Å². The van der Waals surface area contributed by atoms with E-state index in [0.717, 1.165) is 12.1 Å². The molecule has 0 bridgehead atoms. The molecule has 0 atom stereocenters. The quantitative estimate of drug-likeness (QED) is 0.396. The van der Waals surface area contributed by atoms with Crippen LogP contribution < -0.4 is 28.4 Å². The number of rotatable bonds is 10. The summed E-state index contributed by atoms with van der Waals surface area (Å²) in [5, 5.41) is 0. The Bertz CT molecular complexity index is 1310. The van der Waals surface area contributed by atoms with Gasteiger partial charge in [0.2, 0.25) is 5.75 Å². The molecular weight excluding hydrogens is 477 g/mol. The lowest BCUT2D eigenvalue weighted by Crippen LogP contribution is -2.15. The summed E-state index contributed by atoms with van der Waals surface area (Å²) < 4.78 is 69.2. The predicted octanol–water partition coefficient (Wildman–Crippen LogP) is 4.84. The van der Waals surface area contributed by atoms with Gasteiger partial charge in [-0.2, -0.15) is 0 Å². The SMILES string of the molecule is COc1cc(/C=C\c2ccc(OC)c(OC)c2NS(=O)(=O)c2cccc(F)c2)cc(OC)c1OC. The number of methoxy groups -OCH3 is 5. The molecule has 0 heterocycles. The first-order valence-corrected chi connectivity index (χ1v) is 11.8. The zero-order valence-electron chi connectivity index (χ0n) is 19.9. The average Bonchev–Trinajstić information content (AvgIpc) is 2.86. The highest BCUT2D eigenvalue weighted by atomic mass is 32.2. The van der Waals surface area contributed by atoms with E-state index in [1.54, 1.807) is 36.4 Å². The zero-order valence-corrected chi connectivity index (χ0v) is 20.7. The molecule has 3 aromatic carbocycles. The van der Waals surface area contributed by atoms with Crippen LogP contribution in [-0.4, -0.2) is 44.0 Å². The summed E-state index contributed by atoms with van der Waals surface area (Å²) in [6, 6.07) is 11.5. The molecule has 3 rings (SSSR count). The molecule has 8 nitrogen and oxygen atoms in total. The lowest BCUT2D eigenvalue weighted by Gasteiger charge is -2.17. The summed E-state index contributed by atoms with van der Waals surface area (Å²) in [5.74, 6) is 1.18. The van der Waals surface area contributed by atoms with Crippen molar-refractivity contribution in [3.05, 3.63) is 65.5 Å². The smallest absolute Gasteiger partial charge is 0.262 e. The Morgan fingerprint density at radius 3 is 1.91 bits per heavy atom. The molecule has 35 heavy (non-hydrogen) atoms. The van der Waals surface area contributed by atoms with E-state index in [0.29, 0.717) is 34.1 Å². The molecule has 0 aliphatic rings. The van der Waals surface area contributed by atoms with Gasteiger partial charge in [0, 0.05) is 5.56 Å². The Morgan fingerprint density at radius 2 is 1.37 bits per heavy atom. The number of anilines is 1. The molecule has 0 unspecified atom stereocenters. The molecule has 3 aromatic rings. The fourth-order valence-electron chi connectivity index (χ4n) is 3.40. The van der Waals surface area contributed by atoms with Crippen molar-refractivity contribution in [2.24, 2.45) is 0 Å². The molecular formula is C25H26FNO7S. The number of ether oxygens (including phenoxy) is 5. The molecule has 0 saturated carbocycles. The van der Waals surface area contributed by atoms with Crippen molar-refractivity contribution in [1.29, 1.82) is 0 Å². The van der Waals surface area contributed by atoms with Gasteiger partial charge in [0.15, 0.2) is 23.0 Å². The Labute approximate surface area is 203 Å². The van der Waals surface area contributed by atoms with Gasteiger partial charge >= 0.3 is 0 Å². The topological polar surface area (TPSA) is 92.3 Å². The molecule has 0 radical (unpaired) electrons. The molecule has 0 aliphatic heterocycles. The monoisotopic (exact) mass is 503 g/mol. The molecule has 186 valence electrons. The molecule has 0 spiro atoms. The van der Waals surface area contributed by atoms with Crippen LogP contribution >= 0.6 is 0 Å². The Balaban J connectivity index is 2.11. The normalized spacial score (nSPS) is 11.3. The largest absolute Gasteiger partial charge is 0.493 e. The average molecular weight is 504 g/mol. The maximum atomic E-state index is 13.7. The minimum absolute atomic E-state index is 0.125. The zero-order chi connectivity index (χ0) is 25.6. The minimum atomic E-state index is -4.15. The van der Waals surface area contributed by atoms with Crippen molar-refractivity contribution < 1.29 is 36.5 Å². The van der Waals surface area contributed by atoms with Crippen LogP contribution in [0.15, 0.2) is 53.4 Å². The molecule has 0 amide bonds. The van der Waals surface area contributed by atoms with Crippen molar-refractivity contribution in [3.63, 3.8) is 0 Å². The summed E-state index contributed by atoms with van der Waals surface area (Å²) in [6.45, 7) is 0. The molecule has 10 heteroatoms. The summed E-state index contributed by atoms with van der Waals surface area (Å²) >= 11 is 0. The summed E-state index contributed by atoms with van der Waals surface area (Å²) in [6.07, 6.45) is 3.43. The van der Waals surface area contributed by atoms with Gasteiger partial charge in [0.25, 0.3) is 10.0 Å². The maximum absolute atomic E-state index is 13.7. The Morgan fingerprint density at radius 1 is 0.743 bits per heavy atom. The van der Waals surface area contributed by atoms with E-state index in [1.807, 2.05) is 0 Å². The van der Waals surface area contributed by atoms with E-state index in [4.69, 9.17) is 23.7 Å². The predicted molar refractivity (Wildman–Crippen MR) is 132 cm³/mol. The van der Waals surface area contributed by atoms with E-state index < -0.39 is 15.8 Å². The van der Waals surface area contributed by atoms with Gasteiger partial charge in [-0.25, -0.2) is 12.8 Å². The highest BCUT2D eigenvalue weighted by Crippen LogP contribution is 2.41.